The molecule has 1 aromatic rings. The van der Waals surface area contributed by atoms with Gasteiger partial charge in [0, 0.05) is 18.3 Å². The smallest absolute Gasteiger partial charge is 0.231 e. The van der Waals surface area contributed by atoms with E-state index in [1.807, 2.05) is 13.8 Å². The Labute approximate surface area is 113 Å². The molecule has 0 spiro atoms. The monoisotopic (exact) mass is 268 g/mol. The largest absolute Gasteiger partial charge is 0.494 e. The molecule has 0 fully saturated rings. The average molecular weight is 268 g/mol. The highest BCUT2D eigenvalue weighted by Crippen LogP contribution is 2.28. The minimum absolute atomic E-state index is 0.101. The van der Waals surface area contributed by atoms with E-state index in [4.69, 9.17) is 10.5 Å². The maximum atomic E-state index is 13.3. The molecule has 1 amide bonds. The van der Waals surface area contributed by atoms with Crippen molar-refractivity contribution in [3.63, 3.8) is 0 Å². The first kappa shape index (κ1) is 15.4. The van der Waals surface area contributed by atoms with Crippen molar-refractivity contribution in [3.8, 4) is 5.75 Å². The van der Waals surface area contributed by atoms with E-state index in [1.165, 1.54) is 25.3 Å². The van der Waals surface area contributed by atoms with Gasteiger partial charge in [-0.1, -0.05) is 13.8 Å². The lowest BCUT2D eigenvalue weighted by Crippen LogP contribution is -2.41. The van der Waals surface area contributed by atoms with Gasteiger partial charge in [-0.3, -0.25) is 4.79 Å². The van der Waals surface area contributed by atoms with E-state index < -0.39 is 11.2 Å². The number of hydrogen-bond acceptors (Lipinski definition) is 3. The summed E-state index contributed by atoms with van der Waals surface area (Å²) in [7, 11) is 1.38. The number of benzene rings is 1. The number of amides is 1. The highest BCUT2D eigenvalue weighted by Gasteiger charge is 2.33. The second-order valence-corrected chi connectivity index (χ2v) is 4.50. The van der Waals surface area contributed by atoms with Crippen LogP contribution in [0.5, 0.6) is 5.75 Å². The van der Waals surface area contributed by atoms with Gasteiger partial charge in [0.05, 0.1) is 12.5 Å². The second-order valence-electron chi connectivity index (χ2n) is 4.50. The summed E-state index contributed by atoms with van der Waals surface area (Å²) in [5, 5.41) is 2.77. The molecule has 5 heteroatoms. The van der Waals surface area contributed by atoms with Crippen LogP contribution >= 0.6 is 0 Å². The Morgan fingerprint density at radius 3 is 2.53 bits per heavy atom. The van der Waals surface area contributed by atoms with Crippen molar-refractivity contribution in [2.45, 2.75) is 26.7 Å². The summed E-state index contributed by atoms with van der Waals surface area (Å²) in [6, 6.07) is 4.22. The molecule has 0 aliphatic carbocycles. The summed E-state index contributed by atoms with van der Waals surface area (Å²) in [4.78, 5) is 12.3. The van der Waals surface area contributed by atoms with Crippen LogP contribution in [0, 0.1) is 11.2 Å². The van der Waals surface area contributed by atoms with Gasteiger partial charge in [-0.2, -0.15) is 0 Å². The van der Waals surface area contributed by atoms with Crippen molar-refractivity contribution in [1.82, 2.24) is 0 Å². The van der Waals surface area contributed by atoms with Gasteiger partial charge in [-0.05, 0) is 25.0 Å². The number of carbonyl (C=O) groups is 1. The van der Waals surface area contributed by atoms with Gasteiger partial charge in [0.15, 0.2) is 11.6 Å². The predicted molar refractivity (Wildman–Crippen MR) is 73.7 cm³/mol. The number of ether oxygens (including phenoxy) is 1. The van der Waals surface area contributed by atoms with Crippen LogP contribution in [0.1, 0.15) is 26.7 Å². The fourth-order valence-electron chi connectivity index (χ4n) is 1.95. The van der Waals surface area contributed by atoms with Crippen LogP contribution in [0.2, 0.25) is 0 Å². The Morgan fingerprint density at radius 2 is 2.05 bits per heavy atom. The van der Waals surface area contributed by atoms with Crippen molar-refractivity contribution in [2.75, 3.05) is 19.0 Å². The Kier molecular flexibility index (Phi) is 5.30. The number of methoxy groups -OCH3 is 1. The molecule has 0 unspecified atom stereocenters. The maximum Gasteiger partial charge on any atom is 0.231 e. The van der Waals surface area contributed by atoms with Gasteiger partial charge in [-0.25, -0.2) is 4.39 Å². The van der Waals surface area contributed by atoms with E-state index in [0.29, 0.717) is 18.5 Å². The van der Waals surface area contributed by atoms with Crippen molar-refractivity contribution in [2.24, 2.45) is 11.1 Å². The number of nitrogens with one attached hydrogen (secondary N) is 1. The number of hydrogen-bond donors (Lipinski definition) is 2. The highest BCUT2D eigenvalue weighted by atomic mass is 19.1. The van der Waals surface area contributed by atoms with Crippen LogP contribution in [0.4, 0.5) is 10.1 Å². The molecule has 0 atom stereocenters. The SMILES string of the molecule is CCC(CC)(CN)C(=O)Nc1ccc(F)c(OC)c1. The third-order valence-electron chi connectivity index (χ3n) is 3.63. The van der Waals surface area contributed by atoms with Crippen molar-refractivity contribution >= 4 is 11.6 Å². The maximum absolute atomic E-state index is 13.3. The average Bonchev–Trinajstić information content (AvgIpc) is 2.43. The standard InChI is InChI=1S/C14H21FN2O2/c1-4-14(5-2,9-16)13(18)17-10-6-7-11(15)12(8-10)19-3/h6-8H,4-5,9,16H2,1-3H3,(H,17,18). The molecule has 0 aliphatic rings. The molecule has 0 saturated carbocycles. The van der Waals surface area contributed by atoms with E-state index in [1.54, 1.807) is 0 Å². The lowest BCUT2D eigenvalue weighted by Gasteiger charge is -2.28. The summed E-state index contributed by atoms with van der Waals surface area (Å²) >= 11 is 0. The zero-order chi connectivity index (χ0) is 14.5. The molecule has 0 radical (unpaired) electrons. The van der Waals surface area contributed by atoms with Gasteiger partial charge >= 0.3 is 0 Å². The Hall–Kier alpha value is -1.62. The van der Waals surface area contributed by atoms with Crippen LogP contribution in [0.15, 0.2) is 18.2 Å². The Morgan fingerprint density at radius 1 is 1.42 bits per heavy atom. The summed E-state index contributed by atoms with van der Waals surface area (Å²) in [5.41, 5.74) is 5.64. The first-order valence-corrected chi connectivity index (χ1v) is 6.38. The molecule has 1 aromatic carbocycles. The highest BCUT2D eigenvalue weighted by molar-refractivity contribution is 5.95. The van der Waals surface area contributed by atoms with Gasteiger partial charge in [0.2, 0.25) is 5.91 Å². The fourth-order valence-corrected chi connectivity index (χ4v) is 1.95. The molecule has 106 valence electrons. The van der Waals surface area contributed by atoms with Crippen LogP contribution in [0.25, 0.3) is 0 Å². The minimum atomic E-state index is -0.582. The molecule has 1 rings (SSSR count). The summed E-state index contributed by atoms with van der Waals surface area (Å²) in [6.07, 6.45) is 1.31. The molecule has 0 heterocycles. The molecule has 0 aliphatic heterocycles. The quantitative estimate of drug-likeness (QED) is 0.833. The molecule has 0 aromatic heterocycles. The number of nitrogens with two attached hydrogens (primary N) is 1. The fraction of sp³-hybridized carbons (Fsp3) is 0.500. The lowest BCUT2D eigenvalue weighted by atomic mass is 9.81. The number of halogens is 1. The molecule has 0 bridgehead atoms. The zero-order valence-corrected chi connectivity index (χ0v) is 11.6. The topological polar surface area (TPSA) is 64.4 Å². The van der Waals surface area contributed by atoms with E-state index in [0.717, 1.165) is 0 Å². The Balaban J connectivity index is 2.93. The van der Waals surface area contributed by atoms with Crippen LogP contribution in [0.3, 0.4) is 0 Å². The number of anilines is 1. The Bertz CT molecular complexity index is 437. The minimum Gasteiger partial charge on any atom is -0.494 e. The predicted octanol–water partition coefficient (Wildman–Crippen LogP) is 2.54. The van der Waals surface area contributed by atoms with Gasteiger partial charge in [-0.15, -0.1) is 0 Å². The second kappa shape index (κ2) is 6.52. The molecule has 19 heavy (non-hydrogen) atoms. The van der Waals surface area contributed by atoms with Gasteiger partial charge in [0.1, 0.15) is 0 Å². The number of rotatable bonds is 6. The van der Waals surface area contributed by atoms with Crippen LogP contribution < -0.4 is 15.8 Å². The normalized spacial score (nSPS) is 11.2. The first-order valence-electron chi connectivity index (χ1n) is 6.38. The van der Waals surface area contributed by atoms with E-state index in [9.17, 15) is 9.18 Å². The van der Waals surface area contributed by atoms with Gasteiger partial charge in [0.25, 0.3) is 0 Å². The van der Waals surface area contributed by atoms with E-state index in [2.05, 4.69) is 5.32 Å². The van der Waals surface area contributed by atoms with Crippen molar-refractivity contribution in [3.05, 3.63) is 24.0 Å². The summed E-state index contributed by atoms with van der Waals surface area (Å²) < 4.78 is 18.2. The lowest BCUT2D eigenvalue weighted by molar-refractivity contribution is -0.125. The van der Waals surface area contributed by atoms with Crippen molar-refractivity contribution < 1.29 is 13.9 Å². The zero-order valence-electron chi connectivity index (χ0n) is 11.6. The molecular formula is C14H21FN2O2. The molecule has 0 saturated heterocycles. The molecule has 4 nitrogen and oxygen atoms in total. The number of carbonyl (C=O) groups excluding carboxylic acids is 1. The van der Waals surface area contributed by atoms with Crippen LogP contribution in [-0.2, 0) is 4.79 Å². The third kappa shape index (κ3) is 3.23. The van der Waals surface area contributed by atoms with Crippen molar-refractivity contribution in [1.29, 1.82) is 0 Å². The third-order valence-corrected chi connectivity index (χ3v) is 3.63. The van der Waals surface area contributed by atoms with E-state index >= 15 is 0 Å². The summed E-state index contributed by atoms with van der Waals surface area (Å²) in [5.74, 6) is -0.505. The molecule has 3 N–H and O–H groups in total. The van der Waals surface area contributed by atoms with Crippen LogP contribution in [-0.4, -0.2) is 19.6 Å². The van der Waals surface area contributed by atoms with E-state index in [-0.39, 0.29) is 18.2 Å². The first-order chi connectivity index (χ1) is 9.02. The molecular weight excluding hydrogens is 247 g/mol. The summed E-state index contributed by atoms with van der Waals surface area (Å²) in [6.45, 7) is 4.15. The van der Waals surface area contributed by atoms with Gasteiger partial charge < -0.3 is 15.8 Å².